The van der Waals surface area contributed by atoms with Crippen molar-refractivity contribution in [3.63, 3.8) is 0 Å². The second-order valence-electron chi connectivity index (χ2n) is 5.13. The van der Waals surface area contributed by atoms with Gasteiger partial charge in [-0.1, -0.05) is 5.21 Å². The molecule has 1 N–H and O–H groups in total. The molecule has 1 amide bonds. The van der Waals surface area contributed by atoms with Crippen molar-refractivity contribution in [2.45, 2.75) is 31.8 Å². The number of fused-ring (bicyclic) bond motifs is 1. The van der Waals surface area contributed by atoms with Crippen molar-refractivity contribution in [2.24, 2.45) is 5.92 Å². The number of hydrogen-bond donors (Lipinski definition) is 1. The third-order valence-corrected chi connectivity index (χ3v) is 4.03. The predicted octanol–water partition coefficient (Wildman–Crippen LogP) is -0.121. The first kappa shape index (κ1) is 11.6. The fourth-order valence-corrected chi connectivity index (χ4v) is 3.08. The number of amides is 1. The molecule has 98 valence electrons. The van der Waals surface area contributed by atoms with E-state index in [2.05, 4.69) is 20.5 Å². The van der Waals surface area contributed by atoms with E-state index in [1.807, 2.05) is 0 Å². The molecule has 2 fully saturated rings. The highest BCUT2D eigenvalue weighted by Gasteiger charge is 2.36. The minimum atomic E-state index is 0.254. The highest BCUT2D eigenvalue weighted by atomic mass is 16.2. The normalized spacial score (nSPS) is 27.2. The van der Waals surface area contributed by atoms with Crippen LogP contribution >= 0.6 is 0 Å². The lowest BCUT2D eigenvalue weighted by Gasteiger charge is -2.37. The fraction of sp³-hybridized carbons (Fsp3) is 0.750. The number of aryl methyl sites for hydroxylation is 1. The van der Waals surface area contributed by atoms with E-state index in [1.54, 1.807) is 17.1 Å². The van der Waals surface area contributed by atoms with Gasteiger partial charge in [0.2, 0.25) is 5.91 Å². The molecule has 3 heterocycles. The van der Waals surface area contributed by atoms with Crippen LogP contribution in [-0.4, -0.2) is 51.5 Å². The lowest BCUT2D eigenvalue weighted by Crippen LogP contribution is -2.48. The Morgan fingerprint density at radius 3 is 3.22 bits per heavy atom. The Balaban J connectivity index is 1.58. The highest BCUT2D eigenvalue weighted by Crippen LogP contribution is 2.26. The van der Waals surface area contributed by atoms with Crippen molar-refractivity contribution in [1.82, 2.24) is 25.2 Å². The number of piperidine rings is 1. The van der Waals surface area contributed by atoms with Gasteiger partial charge in [0.25, 0.3) is 0 Å². The predicted molar refractivity (Wildman–Crippen MR) is 65.7 cm³/mol. The number of carbonyl (C=O) groups excluding carboxylic acids is 1. The molecule has 2 unspecified atom stereocenters. The van der Waals surface area contributed by atoms with Gasteiger partial charge >= 0.3 is 0 Å². The van der Waals surface area contributed by atoms with Crippen LogP contribution in [0.1, 0.15) is 19.3 Å². The highest BCUT2D eigenvalue weighted by molar-refractivity contribution is 5.76. The summed E-state index contributed by atoms with van der Waals surface area (Å²) in [4.78, 5) is 14.3. The zero-order valence-electron chi connectivity index (χ0n) is 10.5. The first-order valence-corrected chi connectivity index (χ1v) is 6.69. The Morgan fingerprint density at radius 2 is 2.39 bits per heavy atom. The quantitative estimate of drug-likeness (QED) is 0.811. The van der Waals surface area contributed by atoms with E-state index in [4.69, 9.17) is 0 Å². The third kappa shape index (κ3) is 2.25. The zero-order valence-corrected chi connectivity index (χ0v) is 10.5. The fourth-order valence-electron chi connectivity index (χ4n) is 3.08. The molecule has 0 aromatic carbocycles. The van der Waals surface area contributed by atoms with Crippen LogP contribution in [0.4, 0.5) is 0 Å². The van der Waals surface area contributed by atoms with Crippen LogP contribution < -0.4 is 5.32 Å². The minimum absolute atomic E-state index is 0.254. The molecule has 3 rings (SSSR count). The van der Waals surface area contributed by atoms with Crippen molar-refractivity contribution in [2.75, 3.05) is 19.6 Å². The van der Waals surface area contributed by atoms with Crippen LogP contribution in [0, 0.1) is 5.92 Å². The Labute approximate surface area is 106 Å². The molecule has 2 aliphatic heterocycles. The average Bonchev–Trinajstić information content (AvgIpc) is 3.05. The molecule has 0 radical (unpaired) electrons. The molecule has 6 heteroatoms. The molecule has 2 saturated heterocycles. The van der Waals surface area contributed by atoms with E-state index in [0.717, 1.165) is 26.1 Å². The van der Waals surface area contributed by atoms with Gasteiger partial charge < -0.3 is 10.2 Å². The van der Waals surface area contributed by atoms with Crippen molar-refractivity contribution in [3.8, 4) is 0 Å². The summed E-state index contributed by atoms with van der Waals surface area (Å²) in [6.07, 6.45) is 6.35. The molecule has 1 aromatic rings. The van der Waals surface area contributed by atoms with Gasteiger partial charge in [0.1, 0.15) is 0 Å². The number of nitrogens with one attached hydrogen (secondary N) is 1. The van der Waals surface area contributed by atoms with Crippen LogP contribution in [0.25, 0.3) is 0 Å². The lowest BCUT2D eigenvalue weighted by molar-refractivity contribution is -0.135. The summed E-state index contributed by atoms with van der Waals surface area (Å²) in [5.41, 5.74) is 0. The Hall–Kier alpha value is -1.43. The number of hydrogen-bond acceptors (Lipinski definition) is 4. The molecular formula is C12H19N5O. The topological polar surface area (TPSA) is 63.1 Å². The summed E-state index contributed by atoms with van der Waals surface area (Å²) in [5.74, 6) is 0.915. The van der Waals surface area contributed by atoms with Gasteiger partial charge in [-0.05, 0) is 18.8 Å². The second-order valence-corrected chi connectivity index (χ2v) is 5.13. The molecule has 0 spiro atoms. The molecule has 2 atom stereocenters. The number of carbonyl (C=O) groups is 1. The van der Waals surface area contributed by atoms with E-state index in [-0.39, 0.29) is 5.91 Å². The number of aromatic nitrogens is 3. The molecule has 0 saturated carbocycles. The molecular weight excluding hydrogens is 230 g/mol. The summed E-state index contributed by atoms with van der Waals surface area (Å²) in [6.45, 7) is 3.57. The molecule has 6 nitrogen and oxygen atoms in total. The molecule has 2 aliphatic rings. The number of rotatable bonds is 3. The average molecular weight is 249 g/mol. The van der Waals surface area contributed by atoms with Crippen LogP contribution in [0.15, 0.2) is 12.4 Å². The maximum absolute atomic E-state index is 12.3. The Kier molecular flexibility index (Phi) is 3.27. The summed E-state index contributed by atoms with van der Waals surface area (Å²) in [6, 6.07) is 0.419. The SMILES string of the molecule is O=C(CCn1ccnn1)N1CCCC2CNCC21. The number of likely N-dealkylation sites (tertiary alicyclic amines) is 1. The minimum Gasteiger partial charge on any atom is -0.338 e. The Bertz CT molecular complexity index is 405. The summed E-state index contributed by atoms with van der Waals surface area (Å²) >= 11 is 0. The summed E-state index contributed by atoms with van der Waals surface area (Å²) in [5, 5.41) is 11.0. The van der Waals surface area contributed by atoms with Gasteiger partial charge in [0, 0.05) is 38.3 Å². The van der Waals surface area contributed by atoms with Crippen molar-refractivity contribution >= 4 is 5.91 Å². The van der Waals surface area contributed by atoms with E-state index in [0.29, 0.717) is 24.9 Å². The van der Waals surface area contributed by atoms with E-state index in [9.17, 15) is 4.79 Å². The second kappa shape index (κ2) is 5.06. The Morgan fingerprint density at radius 1 is 1.44 bits per heavy atom. The molecule has 0 aliphatic carbocycles. The van der Waals surface area contributed by atoms with Gasteiger partial charge in [-0.25, -0.2) is 0 Å². The largest absolute Gasteiger partial charge is 0.338 e. The van der Waals surface area contributed by atoms with Crippen molar-refractivity contribution < 1.29 is 4.79 Å². The first-order chi connectivity index (χ1) is 8.84. The summed E-state index contributed by atoms with van der Waals surface area (Å²) in [7, 11) is 0. The van der Waals surface area contributed by atoms with Gasteiger partial charge in [0.05, 0.1) is 12.7 Å². The van der Waals surface area contributed by atoms with Crippen LogP contribution in [0.3, 0.4) is 0 Å². The monoisotopic (exact) mass is 249 g/mol. The van der Waals surface area contributed by atoms with Gasteiger partial charge in [-0.15, -0.1) is 5.10 Å². The first-order valence-electron chi connectivity index (χ1n) is 6.69. The van der Waals surface area contributed by atoms with Gasteiger partial charge in [-0.2, -0.15) is 0 Å². The van der Waals surface area contributed by atoms with E-state index in [1.165, 1.54) is 6.42 Å². The lowest BCUT2D eigenvalue weighted by atomic mass is 9.92. The van der Waals surface area contributed by atoms with Crippen LogP contribution in [0.2, 0.25) is 0 Å². The van der Waals surface area contributed by atoms with E-state index >= 15 is 0 Å². The molecule has 1 aromatic heterocycles. The van der Waals surface area contributed by atoms with E-state index < -0.39 is 0 Å². The zero-order chi connectivity index (χ0) is 12.4. The number of nitrogens with zero attached hydrogens (tertiary/aromatic N) is 4. The standard InChI is InChI=1S/C12H19N5O/c18-12(3-6-16-7-4-14-15-16)17-5-1-2-10-8-13-9-11(10)17/h4,7,10-11,13H,1-3,5-6,8-9H2. The summed E-state index contributed by atoms with van der Waals surface area (Å²) < 4.78 is 1.71. The molecule has 0 bridgehead atoms. The smallest absolute Gasteiger partial charge is 0.224 e. The maximum Gasteiger partial charge on any atom is 0.224 e. The van der Waals surface area contributed by atoms with Crippen LogP contribution in [0.5, 0.6) is 0 Å². The van der Waals surface area contributed by atoms with Crippen molar-refractivity contribution in [1.29, 1.82) is 0 Å². The molecule has 18 heavy (non-hydrogen) atoms. The van der Waals surface area contributed by atoms with Crippen molar-refractivity contribution in [3.05, 3.63) is 12.4 Å². The van der Waals surface area contributed by atoms with Crippen LogP contribution in [-0.2, 0) is 11.3 Å². The third-order valence-electron chi connectivity index (χ3n) is 4.03. The van der Waals surface area contributed by atoms with Gasteiger partial charge in [0.15, 0.2) is 0 Å². The van der Waals surface area contributed by atoms with Gasteiger partial charge in [-0.3, -0.25) is 9.48 Å². The maximum atomic E-state index is 12.3.